The lowest BCUT2D eigenvalue weighted by Crippen LogP contribution is -2.07. The molecule has 0 spiro atoms. The van der Waals surface area contributed by atoms with Crippen LogP contribution in [-0.4, -0.2) is 0 Å². The lowest BCUT2D eigenvalue weighted by atomic mass is 9.88. The van der Waals surface area contributed by atoms with Gasteiger partial charge in [-0.25, -0.2) is 0 Å². The zero-order valence-corrected chi connectivity index (χ0v) is 6.41. The fourth-order valence-electron chi connectivity index (χ4n) is 0.942. The zero-order valence-electron chi connectivity index (χ0n) is 6.41. The molecule has 50 valence electrons. The van der Waals surface area contributed by atoms with Gasteiger partial charge < -0.3 is 0 Å². The van der Waals surface area contributed by atoms with Crippen LogP contribution in [0.2, 0.25) is 0 Å². The van der Waals surface area contributed by atoms with E-state index in [1.165, 1.54) is 0 Å². The molecule has 1 aliphatic carbocycles. The van der Waals surface area contributed by atoms with Crippen LogP contribution in [0, 0.1) is 29.1 Å². The van der Waals surface area contributed by atoms with Gasteiger partial charge in [0.15, 0.2) is 0 Å². The molecule has 10 heavy (non-hydrogen) atoms. The van der Waals surface area contributed by atoms with E-state index >= 15 is 0 Å². The van der Waals surface area contributed by atoms with Crippen LogP contribution in [0.25, 0.3) is 0 Å². The van der Waals surface area contributed by atoms with Crippen LogP contribution in [0.1, 0.15) is 20.3 Å². The second kappa shape index (κ2) is 2.24. The van der Waals surface area contributed by atoms with Crippen molar-refractivity contribution in [3.63, 3.8) is 0 Å². The molecule has 1 aliphatic rings. The highest BCUT2D eigenvalue weighted by atomic mass is 14.2. The summed E-state index contributed by atoms with van der Waals surface area (Å²) in [6, 6.07) is 0. The minimum absolute atomic E-state index is 0.0492. The topological polar surface area (TPSA) is 0 Å². The summed E-state index contributed by atoms with van der Waals surface area (Å²) >= 11 is 0. The smallest absolute Gasteiger partial charge is 0.0314 e. The summed E-state index contributed by atoms with van der Waals surface area (Å²) < 4.78 is 0. The van der Waals surface area contributed by atoms with E-state index in [4.69, 9.17) is 0 Å². The van der Waals surface area contributed by atoms with Crippen molar-refractivity contribution in [2.45, 2.75) is 20.3 Å². The van der Waals surface area contributed by atoms with E-state index in [-0.39, 0.29) is 5.41 Å². The predicted molar refractivity (Wildman–Crippen MR) is 43.1 cm³/mol. The van der Waals surface area contributed by atoms with Gasteiger partial charge in [0.1, 0.15) is 0 Å². The Labute approximate surface area is 62.3 Å². The first kappa shape index (κ1) is 6.97. The zero-order chi connectivity index (χ0) is 7.61. The van der Waals surface area contributed by atoms with Crippen LogP contribution < -0.4 is 0 Å². The first-order valence-corrected chi connectivity index (χ1v) is 3.31. The lowest BCUT2D eigenvalue weighted by Gasteiger charge is -2.14. The molecule has 0 aromatic rings. The summed E-state index contributed by atoms with van der Waals surface area (Å²) in [5.74, 6) is 11.5. The molecule has 0 bridgehead atoms. The van der Waals surface area contributed by atoms with E-state index in [0.29, 0.717) is 0 Å². The van der Waals surface area contributed by atoms with Gasteiger partial charge in [0, 0.05) is 5.41 Å². The Morgan fingerprint density at radius 3 is 2.80 bits per heavy atom. The van der Waals surface area contributed by atoms with Gasteiger partial charge in [-0.3, -0.25) is 0 Å². The molecule has 0 aromatic carbocycles. The summed E-state index contributed by atoms with van der Waals surface area (Å²) in [6.45, 7) is 8.01. The molecule has 0 saturated carbocycles. The van der Waals surface area contributed by atoms with Gasteiger partial charge >= 0.3 is 0 Å². The molecule has 0 atom stereocenters. The number of hydrogen-bond acceptors (Lipinski definition) is 0. The molecular weight excluding hydrogens is 120 g/mol. The minimum atomic E-state index is 0.0492. The Hall–Kier alpha value is -1.14. The molecule has 0 saturated heterocycles. The highest BCUT2D eigenvalue weighted by Gasteiger charge is 2.15. The van der Waals surface area contributed by atoms with Crippen LogP contribution in [0.4, 0.5) is 0 Å². The van der Waals surface area contributed by atoms with Crippen molar-refractivity contribution in [1.82, 2.24) is 0 Å². The highest BCUT2D eigenvalue weighted by Crippen LogP contribution is 2.23. The van der Waals surface area contributed by atoms with Gasteiger partial charge in [-0.15, -0.1) is 0 Å². The van der Waals surface area contributed by atoms with Gasteiger partial charge in [0.05, 0.1) is 0 Å². The maximum Gasteiger partial charge on any atom is 0.0314 e. The molecule has 0 radical (unpaired) electrons. The van der Waals surface area contributed by atoms with Gasteiger partial charge in [-0.1, -0.05) is 18.4 Å². The van der Waals surface area contributed by atoms with Crippen molar-refractivity contribution < 1.29 is 0 Å². The number of rotatable bonds is 0. The van der Waals surface area contributed by atoms with Crippen molar-refractivity contribution in [1.29, 1.82) is 0 Å². The maximum atomic E-state index is 3.82. The van der Waals surface area contributed by atoms with Crippen molar-refractivity contribution >= 4 is 0 Å². The molecular formula is C10H10. The Balaban J connectivity index is 2.94. The third kappa shape index (κ3) is 1.67. The van der Waals surface area contributed by atoms with Crippen molar-refractivity contribution in [2.75, 3.05) is 0 Å². The first-order valence-electron chi connectivity index (χ1n) is 3.31. The van der Waals surface area contributed by atoms with Gasteiger partial charge in [0.25, 0.3) is 0 Å². The van der Waals surface area contributed by atoms with E-state index < -0.39 is 0 Å². The molecule has 0 aromatic heterocycles. The van der Waals surface area contributed by atoms with Crippen LogP contribution in [-0.2, 0) is 0 Å². The second-order valence-corrected chi connectivity index (χ2v) is 3.16. The third-order valence-electron chi connectivity index (χ3n) is 1.36. The molecule has 0 N–H and O–H groups in total. The summed E-state index contributed by atoms with van der Waals surface area (Å²) in [6.07, 6.45) is 0.896. The summed E-state index contributed by atoms with van der Waals surface area (Å²) in [7, 11) is 0. The normalized spacial score (nSPS) is 19.6. The Morgan fingerprint density at radius 1 is 1.40 bits per heavy atom. The van der Waals surface area contributed by atoms with E-state index in [1.807, 2.05) is 0 Å². The standard InChI is InChI=1S/C10H10/c1-9-6-4-5-7-10(2,3)8-9/h1,8H2,2-3H3. The van der Waals surface area contributed by atoms with Crippen LogP contribution in [0.15, 0.2) is 12.2 Å². The fraction of sp³-hybridized carbons (Fsp3) is 0.400. The van der Waals surface area contributed by atoms with Gasteiger partial charge in [-0.05, 0) is 37.7 Å². The largest absolute Gasteiger partial charge is 0.0873 e. The average molecular weight is 130 g/mol. The van der Waals surface area contributed by atoms with E-state index in [1.54, 1.807) is 0 Å². The highest BCUT2D eigenvalue weighted by molar-refractivity contribution is 5.40. The summed E-state index contributed by atoms with van der Waals surface area (Å²) in [5, 5.41) is 0. The minimum Gasteiger partial charge on any atom is -0.0873 e. The molecule has 0 amide bonds. The van der Waals surface area contributed by atoms with Gasteiger partial charge in [0.2, 0.25) is 0 Å². The first-order chi connectivity index (χ1) is 4.60. The third-order valence-corrected chi connectivity index (χ3v) is 1.36. The quantitative estimate of drug-likeness (QED) is 0.440. The SMILES string of the molecule is C=C1C#CC#CC(C)(C)C1. The molecule has 0 heterocycles. The average Bonchev–Trinajstić information content (AvgIpc) is 1.90. The van der Waals surface area contributed by atoms with E-state index in [9.17, 15) is 0 Å². The Kier molecular flexibility index (Phi) is 1.56. The van der Waals surface area contributed by atoms with E-state index in [2.05, 4.69) is 44.1 Å². The molecule has 1 rings (SSSR count). The van der Waals surface area contributed by atoms with Crippen LogP contribution in [0.3, 0.4) is 0 Å². The van der Waals surface area contributed by atoms with Crippen molar-refractivity contribution in [3.05, 3.63) is 12.2 Å². The summed E-state index contributed by atoms with van der Waals surface area (Å²) in [4.78, 5) is 0. The number of hydrogen-bond donors (Lipinski definition) is 0. The predicted octanol–water partition coefficient (Wildman–Crippen LogP) is 1.98. The Morgan fingerprint density at radius 2 is 2.10 bits per heavy atom. The molecule has 0 aliphatic heterocycles. The monoisotopic (exact) mass is 130 g/mol. The van der Waals surface area contributed by atoms with Crippen molar-refractivity contribution in [2.24, 2.45) is 5.41 Å². The molecule has 0 fully saturated rings. The summed E-state index contributed by atoms with van der Waals surface area (Å²) in [5.41, 5.74) is 1.02. The molecule has 0 nitrogen and oxygen atoms in total. The van der Waals surface area contributed by atoms with Crippen LogP contribution in [0.5, 0.6) is 0 Å². The number of allylic oxidation sites excluding steroid dienone is 1. The molecule has 0 unspecified atom stereocenters. The van der Waals surface area contributed by atoms with Crippen LogP contribution >= 0.6 is 0 Å². The maximum absolute atomic E-state index is 3.82. The fourth-order valence-corrected chi connectivity index (χ4v) is 0.942. The van der Waals surface area contributed by atoms with Gasteiger partial charge in [-0.2, -0.15) is 0 Å². The lowest BCUT2D eigenvalue weighted by molar-refractivity contribution is 0.506. The molecule has 0 heteroatoms. The van der Waals surface area contributed by atoms with E-state index in [0.717, 1.165) is 12.0 Å². The Bertz CT molecular complexity index is 271. The van der Waals surface area contributed by atoms with Crippen molar-refractivity contribution in [3.8, 4) is 23.7 Å². The second-order valence-electron chi connectivity index (χ2n) is 3.16.